The van der Waals surface area contributed by atoms with Crippen LogP contribution in [-0.4, -0.2) is 34.0 Å². The molecule has 0 atom stereocenters. The van der Waals surface area contributed by atoms with Crippen LogP contribution >= 0.6 is 15.9 Å². The van der Waals surface area contributed by atoms with Crippen molar-refractivity contribution in [2.24, 2.45) is 0 Å². The Kier molecular flexibility index (Phi) is 5.07. The molecule has 1 amide bonds. The summed E-state index contributed by atoms with van der Waals surface area (Å²) in [5, 5.41) is 4.14. The minimum atomic E-state index is 0.0759. The van der Waals surface area contributed by atoms with Crippen LogP contribution in [0.2, 0.25) is 0 Å². The van der Waals surface area contributed by atoms with Crippen molar-refractivity contribution in [2.45, 2.75) is 25.7 Å². The fourth-order valence-electron chi connectivity index (χ4n) is 3.41. The number of amides is 1. The number of carbonyl (C=O) groups excluding carboxylic acids is 1. The predicted molar refractivity (Wildman–Crippen MR) is 106 cm³/mol. The second-order valence-corrected chi connectivity index (χ2v) is 7.81. The van der Waals surface area contributed by atoms with Crippen molar-refractivity contribution in [1.29, 1.82) is 0 Å². The first-order chi connectivity index (χ1) is 13.1. The highest BCUT2D eigenvalue weighted by Gasteiger charge is 2.28. The van der Waals surface area contributed by atoms with Crippen molar-refractivity contribution in [2.75, 3.05) is 13.1 Å². The van der Waals surface area contributed by atoms with E-state index in [0.717, 1.165) is 28.4 Å². The lowest BCUT2D eigenvalue weighted by atomic mass is 9.96. The zero-order valence-electron chi connectivity index (χ0n) is 15.1. The van der Waals surface area contributed by atoms with Crippen LogP contribution in [0.25, 0.3) is 11.4 Å². The average molecular weight is 426 g/mol. The number of aromatic nitrogens is 2. The van der Waals surface area contributed by atoms with Crippen LogP contribution in [0, 0.1) is 6.92 Å². The molecule has 2 aromatic carbocycles. The van der Waals surface area contributed by atoms with Crippen LogP contribution in [0.5, 0.6) is 0 Å². The van der Waals surface area contributed by atoms with Crippen molar-refractivity contribution in [3.8, 4) is 11.4 Å². The third kappa shape index (κ3) is 3.95. The molecular weight excluding hydrogens is 406 g/mol. The Morgan fingerprint density at radius 2 is 1.89 bits per heavy atom. The molecule has 27 heavy (non-hydrogen) atoms. The minimum absolute atomic E-state index is 0.0759. The normalized spacial score (nSPS) is 15.1. The van der Waals surface area contributed by atoms with Crippen LogP contribution in [0.15, 0.2) is 57.5 Å². The summed E-state index contributed by atoms with van der Waals surface area (Å²) in [6.07, 6.45) is 1.66. The highest BCUT2D eigenvalue weighted by molar-refractivity contribution is 9.10. The number of benzene rings is 2. The summed E-state index contributed by atoms with van der Waals surface area (Å²) in [5.74, 6) is 1.57. The third-order valence-corrected chi connectivity index (χ3v) is 5.47. The average Bonchev–Trinajstić information content (AvgIpc) is 3.18. The summed E-state index contributed by atoms with van der Waals surface area (Å²) < 4.78 is 6.49. The summed E-state index contributed by atoms with van der Waals surface area (Å²) >= 11 is 3.40. The van der Waals surface area contributed by atoms with Gasteiger partial charge < -0.3 is 9.42 Å². The van der Waals surface area contributed by atoms with E-state index in [9.17, 15) is 4.79 Å². The van der Waals surface area contributed by atoms with E-state index in [-0.39, 0.29) is 11.8 Å². The van der Waals surface area contributed by atoms with Crippen molar-refractivity contribution >= 4 is 21.8 Å². The molecule has 1 aliphatic heterocycles. The number of nitrogens with zero attached hydrogens (tertiary/aromatic N) is 3. The zero-order chi connectivity index (χ0) is 18.8. The molecule has 6 heteroatoms. The molecule has 3 aromatic rings. The van der Waals surface area contributed by atoms with Gasteiger partial charge in [0.15, 0.2) is 0 Å². The third-order valence-electron chi connectivity index (χ3n) is 4.94. The second kappa shape index (κ2) is 7.64. The van der Waals surface area contributed by atoms with E-state index in [2.05, 4.69) is 26.1 Å². The Morgan fingerprint density at radius 1 is 1.15 bits per heavy atom. The molecule has 1 aliphatic rings. The molecule has 0 bridgehead atoms. The summed E-state index contributed by atoms with van der Waals surface area (Å²) in [6.45, 7) is 3.44. The highest BCUT2D eigenvalue weighted by atomic mass is 79.9. The highest BCUT2D eigenvalue weighted by Crippen LogP contribution is 2.29. The van der Waals surface area contributed by atoms with E-state index in [1.54, 1.807) is 0 Å². The van der Waals surface area contributed by atoms with Gasteiger partial charge in [0.2, 0.25) is 11.7 Å². The molecule has 4 rings (SSSR count). The first-order valence-corrected chi connectivity index (χ1v) is 9.85. The Morgan fingerprint density at radius 3 is 2.59 bits per heavy atom. The minimum Gasteiger partial charge on any atom is -0.339 e. The molecular formula is C21H20BrN3O2. The fourth-order valence-corrected chi connectivity index (χ4v) is 3.67. The first-order valence-electron chi connectivity index (χ1n) is 9.05. The standard InChI is InChI=1S/C21H20BrN3O2/c1-14-3-2-4-17(13-14)19-23-20(27-24-19)15-9-11-25(12-10-15)21(26)16-5-7-18(22)8-6-16/h2-8,13,15H,9-12H2,1H3. The number of piperidine rings is 1. The number of carbonyl (C=O) groups is 1. The Bertz CT molecular complexity index is 944. The Hall–Kier alpha value is -2.47. The van der Waals surface area contributed by atoms with Crippen LogP contribution < -0.4 is 0 Å². The van der Waals surface area contributed by atoms with Crippen LogP contribution in [-0.2, 0) is 0 Å². The Balaban J connectivity index is 1.41. The molecule has 0 saturated carbocycles. The van der Waals surface area contributed by atoms with Gasteiger partial charge in [-0.2, -0.15) is 4.98 Å². The monoisotopic (exact) mass is 425 g/mol. The van der Waals surface area contributed by atoms with Gasteiger partial charge in [-0.05, 0) is 50.1 Å². The van der Waals surface area contributed by atoms with Gasteiger partial charge in [-0.25, -0.2) is 0 Å². The molecule has 138 valence electrons. The van der Waals surface area contributed by atoms with Gasteiger partial charge in [0.25, 0.3) is 5.91 Å². The van der Waals surface area contributed by atoms with E-state index >= 15 is 0 Å². The van der Waals surface area contributed by atoms with Gasteiger partial charge >= 0.3 is 0 Å². The summed E-state index contributed by atoms with van der Waals surface area (Å²) in [5.41, 5.74) is 2.85. The number of hydrogen-bond acceptors (Lipinski definition) is 4. The largest absolute Gasteiger partial charge is 0.339 e. The van der Waals surface area contributed by atoms with Crippen LogP contribution in [0.4, 0.5) is 0 Å². The van der Waals surface area contributed by atoms with E-state index in [4.69, 9.17) is 4.52 Å². The number of likely N-dealkylation sites (tertiary alicyclic amines) is 1. The summed E-state index contributed by atoms with van der Waals surface area (Å²) in [6, 6.07) is 15.6. The number of halogens is 1. The van der Waals surface area contributed by atoms with E-state index in [0.29, 0.717) is 24.8 Å². The van der Waals surface area contributed by atoms with Crippen molar-refractivity contribution in [3.05, 3.63) is 70.0 Å². The van der Waals surface area contributed by atoms with Gasteiger partial charge in [-0.3, -0.25) is 4.79 Å². The topological polar surface area (TPSA) is 59.2 Å². The summed E-state index contributed by atoms with van der Waals surface area (Å²) in [4.78, 5) is 19.1. The van der Waals surface area contributed by atoms with E-state index in [1.807, 2.05) is 60.4 Å². The van der Waals surface area contributed by atoms with Crippen molar-refractivity contribution < 1.29 is 9.32 Å². The SMILES string of the molecule is Cc1cccc(-c2noc(C3CCN(C(=O)c4ccc(Br)cc4)CC3)n2)c1. The molecule has 1 saturated heterocycles. The number of aryl methyl sites for hydroxylation is 1. The van der Waals surface area contributed by atoms with E-state index in [1.165, 1.54) is 5.56 Å². The quantitative estimate of drug-likeness (QED) is 0.602. The molecule has 1 fully saturated rings. The molecule has 0 aliphatic carbocycles. The second-order valence-electron chi connectivity index (χ2n) is 6.90. The lowest BCUT2D eigenvalue weighted by molar-refractivity contribution is 0.0704. The Labute approximate surface area is 166 Å². The lowest BCUT2D eigenvalue weighted by Crippen LogP contribution is -2.37. The van der Waals surface area contributed by atoms with Gasteiger partial charge in [0, 0.05) is 34.6 Å². The predicted octanol–water partition coefficient (Wildman–Crippen LogP) is 4.83. The van der Waals surface area contributed by atoms with Crippen LogP contribution in [0.1, 0.15) is 40.6 Å². The van der Waals surface area contributed by atoms with Gasteiger partial charge in [0.05, 0.1) is 0 Å². The van der Waals surface area contributed by atoms with Gasteiger partial charge in [0.1, 0.15) is 0 Å². The van der Waals surface area contributed by atoms with Crippen molar-refractivity contribution in [1.82, 2.24) is 15.0 Å². The lowest BCUT2D eigenvalue weighted by Gasteiger charge is -2.30. The number of rotatable bonds is 3. The number of hydrogen-bond donors (Lipinski definition) is 0. The maximum atomic E-state index is 12.6. The smallest absolute Gasteiger partial charge is 0.253 e. The first kappa shape index (κ1) is 17.9. The molecule has 1 aromatic heterocycles. The molecule has 2 heterocycles. The summed E-state index contributed by atoms with van der Waals surface area (Å²) in [7, 11) is 0. The van der Waals surface area contributed by atoms with Gasteiger partial charge in [-0.1, -0.05) is 44.8 Å². The fraction of sp³-hybridized carbons (Fsp3) is 0.286. The zero-order valence-corrected chi connectivity index (χ0v) is 16.6. The maximum Gasteiger partial charge on any atom is 0.253 e. The molecule has 0 spiro atoms. The molecule has 0 radical (unpaired) electrons. The molecule has 0 unspecified atom stereocenters. The van der Waals surface area contributed by atoms with Gasteiger partial charge in [-0.15, -0.1) is 0 Å². The molecule has 0 N–H and O–H groups in total. The van der Waals surface area contributed by atoms with Crippen LogP contribution in [0.3, 0.4) is 0 Å². The van der Waals surface area contributed by atoms with E-state index < -0.39 is 0 Å². The van der Waals surface area contributed by atoms with Crippen molar-refractivity contribution in [3.63, 3.8) is 0 Å². The maximum absolute atomic E-state index is 12.6. The molecule has 5 nitrogen and oxygen atoms in total.